The molecular weight excluding hydrogens is 254 g/mol. The van der Waals surface area contributed by atoms with Crippen LogP contribution in [0.1, 0.15) is 5.56 Å². The molecule has 4 heteroatoms. The van der Waals surface area contributed by atoms with Crippen LogP contribution in [0.5, 0.6) is 0 Å². The topological polar surface area (TPSA) is 29.0 Å². The fraction of sp³-hybridized carbons (Fsp3) is 0.0667. The number of aromatic nitrogens is 2. The maximum Gasteiger partial charge on any atom is 0.161 e. The predicted octanol–water partition coefficient (Wildman–Crippen LogP) is 3.66. The van der Waals surface area contributed by atoms with Gasteiger partial charge in [0, 0.05) is 16.5 Å². The minimum atomic E-state index is 0.802. The summed E-state index contributed by atoms with van der Waals surface area (Å²) in [5, 5.41) is 1.08. The lowest BCUT2D eigenvalue weighted by molar-refractivity contribution is 1.04. The van der Waals surface area contributed by atoms with Crippen molar-refractivity contribution < 1.29 is 0 Å². The molecule has 92 valence electrons. The quantitative estimate of drug-likeness (QED) is 0.628. The molecule has 0 spiro atoms. The van der Waals surface area contributed by atoms with Crippen molar-refractivity contribution in [2.75, 3.05) is 4.31 Å². The van der Waals surface area contributed by atoms with E-state index in [0.29, 0.717) is 0 Å². The van der Waals surface area contributed by atoms with Gasteiger partial charge in [0.2, 0.25) is 0 Å². The molecule has 0 saturated carbocycles. The molecule has 3 heterocycles. The number of benzene rings is 1. The Morgan fingerprint density at radius 1 is 1.00 bits per heavy atom. The lowest BCUT2D eigenvalue weighted by Gasteiger charge is -2.14. The van der Waals surface area contributed by atoms with Gasteiger partial charge in [-0.1, -0.05) is 18.2 Å². The molecule has 3 aromatic rings. The van der Waals surface area contributed by atoms with Gasteiger partial charge in [0.1, 0.15) is 5.82 Å². The van der Waals surface area contributed by atoms with Gasteiger partial charge < -0.3 is 0 Å². The third kappa shape index (κ3) is 1.85. The molecule has 2 aromatic heterocycles. The van der Waals surface area contributed by atoms with Gasteiger partial charge in [-0.05, 0) is 47.8 Å². The normalized spacial score (nSPS) is 13.8. The molecule has 4 rings (SSSR count). The maximum atomic E-state index is 4.63. The van der Waals surface area contributed by atoms with Crippen LogP contribution < -0.4 is 4.31 Å². The summed E-state index contributed by atoms with van der Waals surface area (Å²) in [4.78, 5) is 10.3. The molecule has 0 N–H and O–H groups in total. The highest BCUT2D eigenvalue weighted by Crippen LogP contribution is 2.38. The van der Waals surface area contributed by atoms with Crippen LogP contribution in [-0.4, -0.2) is 9.97 Å². The van der Waals surface area contributed by atoms with Crippen molar-refractivity contribution in [2.45, 2.75) is 11.4 Å². The van der Waals surface area contributed by atoms with Crippen LogP contribution in [0.25, 0.3) is 11.0 Å². The molecule has 0 fully saturated rings. The minimum absolute atomic E-state index is 0.802. The summed E-state index contributed by atoms with van der Waals surface area (Å²) in [6.45, 7) is 0.895. The van der Waals surface area contributed by atoms with E-state index in [4.69, 9.17) is 0 Å². The summed E-state index contributed by atoms with van der Waals surface area (Å²) < 4.78 is 2.21. The van der Waals surface area contributed by atoms with Crippen molar-refractivity contribution in [3.63, 3.8) is 0 Å². The van der Waals surface area contributed by atoms with E-state index in [2.05, 4.69) is 50.7 Å². The highest BCUT2D eigenvalue weighted by molar-refractivity contribution is 8.01. The number of fused-ring (bicyclic) bond motifs is 2. The minimum Gasteiger partial charge on any atom is -0.292 e. The Hall–Kier alpha value is -2.07. The van der Waals surface area contributed by atoms with E-state index in [1.54, 1.807) is 18.1 Å². The first-order valence-electron chi connectivity index (χ1n) is 6.15. The average Bonchev–Trinajstić information content (AvgIpc) is 2.90. The summed E-state index contributed by atoms with van der Waals surface area (Å²) in [5.74, 6) is 0.965. The van der Waals surface area contributed by atoms with Crippen molar-refractivity contribution in [3.8, 4) is 0 Å². The molecule has 0 bridgehead atoms. The molecule has 0 atom stereocenters. The molecule has 1 aromatic carbocycles. The van der Waals surface area contributed by atoms with E-state index < -0.39 is 0 Å². The van der Waals surface area contributed by atoms with Gasteiger partial charge in [-0.2, -0.15) is 0 Å². The summed E-state index contributed by atoms with van der Waals surface area (Å²) in [6, 6.07) is 16.6. The van der Waals surface area contributed by atoms with Crippen LogP contribution in [0.2, 0.25) is 0 Å². The van der Waals surface area contributed by atoms with Crippen LogP contribution in [0.15, 0.2) is 59.6 Å². The lowest BCUT2D eigenvalue weighted by Crippen LogP contribution is -2.09. The summed E-state index contributed by atoms with van der Waals surface area (Å²) in [6.07, 6.45) is 1.78. The second-order valence-electron chi connectivity index (χ2n) is 4.46. The molecule has 0 unspecified atom stereocenters. The van der Waals surface area contributed by atoms with Gasteiger partial charge in [-0.3, -0.25) is 4.31 Å². The summed E-state index contributed by atoms with van der Waals surface area (Å²) >= 11 is 1.74. The molecular formula is C15H11N3S. The van der Waals surface area contributed by atoms with E-state index in [9.17, 15) is 0 Å². The Morgan fingerprint density at radius 2 is 1.95 bits per heavy atom. The van der Waals surface area contributed by atoms with E-state index in [0.717, 1.165) is 23.4 Å². The molecule has 3 nitrogen and oxygen atoms in total. The van der Waals surface area contributed by atoms with E-state index in [1.807, 2.05) is 12.1 Å². The molecule has 0 radical (unpaired) electrons. The Kier molecular flexibility index (Phi) is 2.42. The monoisotopic (exact) mass is 265 g/mol. The zero-order valence-corrected chi connectivity index (χ0v) is 11.0. The Bertz CT molecular complexity index is 732. The molecule has 0 amide bonds. The first-order chi connectivity index (χ1) is 9.40. The number of rotatable bonds is 1. The Morgan fingerprint density at radius 3 is 2.89 bits per heavy atom. The number of pyridine rings is 2. The number of hydrogen-bond acceptors (Lipinski definition) is 4. The largest absolute Gasteiger partial charge is 0.292 e. The fourth-order valence-electron chi connectivity index (χ4n) is 2.24. The SMILES string of the molecule is c1ccc2c(c1)CN(c1ccc3cccnc3n1)S2. The summed E-state index contributed by atoms with van der Waals surface area (Å²) in [7, 11) is 0. The van der Waals surface area contributed by atoms with Crippen LogP contribution in [-0.2, 0) is 6.54 Å². The lowest BCUT2D eigenvalue weighted by atomic mass is 10.2. The smallest absolute Gasteiger partial charge is 0.161 e. The predicted molar refractivity (Wildman–Crippen MR) is 78.0 cm³/mol. The van der Waals surface area contributed by atoms with Crippen LogP contribution in [0.4, 0.5) is 5.82 Å². The number of hydrogen-bond donors (Lipinski definition) is 0. The van der Waals surface area contributed by atoms with E-state index >= 15 is 0 Å². The Labute approximate surface area is 115 Å². The number of anilines is 1. The van der Waals surface area contributed by atoms with Gasteiger partial charge in [0.05, 0.1) is 6.54 Å². The third-order valence-electron chi connectivity index (χ3n) is 3.20. The van der Waals surface area contributed by atoms with Gasteiger partial charge in [0.15, 0.2) is 5.65 Å². The third-order valence-corrected chi connectivity index (χ3v) is 4.33. The van der Waals surface area contributed by atoms with Gasteiger partial charge in [-0.15, -0.1) is 0 Å². The molecule has 0 saturated heterocycles. The highest BCUT2D eigenvalue weighted by atomic mass is 32.2. The zero-order valence-electron chi connectivity index (χ0n) is 10.2. The van der Waals surface area contributed by atoms with Crippen molar-refractivity contribution in [1.29, 1.82) is 0 Å². The first kappa shape index (κ1) is 10.8. The van der Waals surface area contributed by atoms with Crippen molar-refractivity contribution in [1.82, 2.24) is 9.97 Å². The maximum absolute atomic E-state index is 4.63. The van der Waals surface area contributed by atoms with Crippen molar-refractivity contribution in [3.05, 3.63) is 60.3 Å². The highest BCUT2D eigenvalue weighted by Gasteiger charge is 2.21. The van der Waals surface area contributed by atoms with Crippen LogP contribution >= 0.6 is 11.9 Å². The molecule has 19 heavy (non-hydrogen) atoms. The Balaban J connectivity index is 1.73. The second-order valence-corrected chi connectivity index (χ2v) is 5.52. The van der Waals surface area contributed by atoms with Crippen molar-refractivity contribution in [2.24, 2.45) is 0 Å². The van der Waals surface area contributed by atoms with Crippen molar-refractivity contribution >= 4 is 28.8 Å². The van der Waals surface area contributed by atoms with Gasteiger partial charge >= 0.3 is 0 Å². The van der Waals surface area contributed by atoms with Crippen LogP contribution in [0, 0.1) is 0 Å². The fourth-order valence-corrected chi connectivity index (χ4v) is 3.26. The molecule has 0 aliphatic carbocycles. The van der Waals surface area contributed by atoms with Gasteiger partial charge in [-0.25, -0.2) is 9.97 Å². The first-order valence-corrected chi connectivity index (χ1v) is 6.93. The van der Waals surface area contributed by atoms with E-state index in [1.165, 1.54) is 10.5 Å². The molecule has 1 aliphatic heterocycles. The number of nitrogens with zero attached hydrogens (tertiary/aromatic N) is 3. The molecule has 1 aliphatic rings. The average molecular weight is 265 g/mol. The van der Waals surface area contributed by atoms with Gasteiger partial charge in [0.25, 0.3) is 0 Å². The zero-order chi connectivity index (χ0) is 12.7. The standard InChI is InChI=1S/C15H11N3S/c1-2-6-13-12(4-1)10-18(19-13)14-8-7-11-5-3-9-16-15(11)17-14/h1-9H,10H2. The van der Waals surface area contributed by atoms with Crippen LogP contribution in [0.3, 0.4) is 0 Å². The second kappa shape index (κ2) is 4.24. The summed E-state index contributed by atoms with van der Waals surface area (Å²) in [5.41, 5.74) is 2.16. The van der Waals surface area contributed by atoms with E-state index in [-0.39, 0.29) is 0 Å².